The fourth-order valence-electron chi connectivity index (χ4n) is 2.59. The molecule has 0 heterocycles. The van der Waals surface area contributed by atoms with Crippen molar-refractivity contribution in [2.75, 3.05) is 20.2 Å². The molecule has 0 aromatic carbocycles. The summed E-state index contributed by atoms with van der Waals surface area (Å²) in [5.74, 6) is -0.765. The fourth-order valence-corrected chi connectivity index (χ4v) is 2.59. The molecule has 4 heteroatoms. The van der Waals surface area contributed by atoms with Gasteiger partial charge in [-0.1, -0.05) is 27.2 Å². The first kappa shape index (κ1) is 14.5. The third-order valence-electron chi connectivity index (χ3n) is 3.86. The van der Waals surface area contributed by atoms with Crippen LogP contribution in [-0.4, -0.2) is 48.3 Å². The maximum Gasteiger partial charge on any atom is 0.317 e. The lowest BCUT2D eigenvalue weighted by molar-refractivity contribution is -0.158. The molecular weight excluding hydrogens is 218 g/mol. The topological polar surface area (TPSA) is 49.8 Å². The van der Waals surface area contributed by atoms with Gasteiger partial charge in [-0.05, 0) is 19.9 Å². The molecule has 0 radical (unpaired) electrons. The van der Waals surface area contributed by atoms with E-state index in [9.17, 15) is 4.79 Å². The lowest BCUT2D eigenvalue weighted by Gasteiger charge is -2.54. The Kier molecular flexibility index (Phi) is 4.95. The number of hydrogen-bond donors (Lipinski definition) is 1. The van der Waals surface area contributed by atoms with Gasteiger partial charge in [0.05, 0.1) is 12.6 Å². The van der Waals surface area contributed by atoms with E-state index in [0.717, 1.165) is 25.9 Å². The molecule has 0 aliphatic heterocycles. The number of carboxylic acid groups (broad SMARTS) is 1. The summed E-state index contributed by atoms with van der Waals surface area (Å²) in [5.41, 5.74) is 0.0535. The first-order valence-electron chi connectivity index (χ1n) is 6.43. The Morgan fingerprint density at radius 2 is 2.18 bits per heavy atom. The van der Waals surface area contributed by atoms with Gasteiger partial charge in [-0.3, -0.25) is 9.69 Å². The Hall–Kier alpha value is -0.610. The minimum Gasteiger partial charge on any atom is -0.480 e. The zero-order chi connectivity index (χ0) is 13.1. The molecule has 1 fully saturated rings. The van der Waals surface area contributed by atoms with Gasteiger partial charge in [-0.15, -0.1) is 0 Å². The molecule has 1 N–H and O–H groups in total. The summed E-state index contributed by atoms with van der Waals surface area (Å²) < 4.78 is 5.84. The number of carbonyl (C=O) groups is 1. The first-order valence-corrected chi connectivity index (χ1v) is 6.43. The summed E-state index contributed by atoms with van der Waals surface area (Å²) in [6.07, 6.45) is 3.47. The molecule has 0 unspecified atom stereocenters. The number of carboxylic acids is 1. The summed E-state index contributed by atoms with van der Waals surface area (Å²) in [6, 6.07) is 0.310. The second kappa shape index (κ2) is 5.83. The third kappa shape index (κ3) is 3.42. The van der Waals surface area contributed by atoms with Crippen LogP contribution >= 0.6 is 0 Å². The summed E-state index contributed by atoms with van der Waals surface area (Å²) in [7, 11) is 1.88. The van der Waals surface area contributed by atoms with E-state index in [-0.39, 0.29) is 18.1 Å². The van der Waals surface area contributed by atoms with Crippen LogP contribution < -0.4 is 0 Å². The van der Waals surface area contributed by atoms with Crippen molar-refractivity contribution in [3.8, 4) is 0 Å². The Morgan fingerprint density at radius 1 is 1.53 bits per heavy atom. The standard InChI is InChI=1S/C13H25NO3/c1-5-6-7-17-11-8-10(13(11,2)3)14(4)9-12(15)16/h10-11H,5-9H2,1-4H3,(H,15,16)/t10-,11+/m1/s1. The number of unbranched alkanes of at least 4 members (excludes halogenated alkanes) is 1. The van der Waals surface area contributed by atoms with Crippen LogP contribution in [0.4, 0.5) is 0 Å². The van der Waals surface area contributed by atoms with Gasteiger partial charge < -0.3 is 9.84 Å². The van der Waals surface area contributed by atoms with Crippen LogP contribution in [0.3, 0.4) is 0 Å². The summed E-state index contributed by atoms with van der Waals surface area (Å²) in [6.45, 7) is 7.40. The first-order chi connectivity index (χ1) is 7.89. The molecule has 4 nitrogen and oxygen atoms in total. The van der Waals surface area contributed by atoms with Crippen molar-refractivity contribution in [3.63, 3.8) is 0 Å². The molecule has 17 heavy (non-hydrogen) atoms. The van der Waals surface area contributed by atoms with Gasteiger partial charge in [-0.2, -0.15) is 0 Å². The predicted octanol–water partition coefficient (Wildman–Crippen LogP) is 1.99. The molecule has 1 saturated carbocycles. The van der Waals surface area contributed by atoms with Gasteiger partial charge in [0.25, 0.3) is 0 Å². The second-order valence-corrected chi connectivity index (χ2v) is 5.59. The zero-order valence-electron chi connectivity index (χ0n) is 11.4. The van der Waals surface area contributed by atoms with Crippen LogP contribution in [0.5, 0.6) is 0 Å². The maximum absolute atomic E-state index is 10.7. The van der Waals surface area contributed by atoms with Crippen LogP contribution in [0.25, 0.3) is 0 Å². The summed E-state index contributed by atoms with van der Waals surface area (Å²) in [4.78, 5) is 12.6. The van der Waals surface area contributed by atoms with Crippen LogP contribution in [0.15, 0.2) is 0 Å². The molecule has 0 spiro atoms. The summed E-state index contributed by atoms with van der Waals surface area (Å²) >= 11 is 0. The highest BCUT2D eigenvalue weighted by atomic mass is 16.5. The van der Waals surface area contributed by atoms with Crippen LogP contribution in [0.2, 0.25) is 0 Å². The van der Waals surface area contributed by atoms with E-state index in [4.69, 9.17) is 9.84 Å². The normalized spacial score (nSPS) is 26.9. The van der Waals surface area contributed by atoms with E-state index in [1.165, 1.54) is 0 Å². The molecule has 0 amide bonds. The van der Waals surface area contributed by atoms with Crippen LogP contribution in [0, 0.1) is 5.41 Å². The SMILES string of the molecule is CCCCO[C@H]1C[C@@H](N(C)CC(=O)O)C1(C)C. The zero-order valence-corrected chi connectivity index (χ0v) is 11.4. The van der Waals surface area contributed by atoms with Crippen molar-refractivity contribution < 1.29 is 14.6 Å². The van der Waals surface area contributed by atoms with E-state index in [2.05, 4.69) is 20.8 Å². The van der Waals surface area contributed by atoms with Crippen LogP contribution in [-0.2, 0) is 9.53 Å². The molecule has 0 saturated heterocycles. The highest BCUT2D eigenvalue weighted by Gasteiger charge is 2.50. The molecule has 0 bridgehead atoms. The fraction of sp³-hybridized carbons (Fsp3) is 0.923. The average molecular weight is 243 g/mol. The smallest absolute Gasteiger partial charge is 0.317 e. The van der Waals surface area contributed by atoms with Gasteiger partial charge in [-0.25, -0.2) is 0 Å². The average Bonchev–Trinajstić information content (AvgIpc) is 2.21. The highest BCUT2D eigenvalue weighted by molar-refractivity contribution is 5.69. The monoisotopic (exact) mass is 243 g/mol. The van der Waals surface area contributed by atoms with Crippen molar-refractivity contribution in [1.29, 1.82) is 0 Å². The molecule has 1 aliphatic rings. The summed E-state index contributed by atoms with van der Waals surface area (Å²) in [5, 5.41) is 8.79. The predicted molar refractivity (Wildman–Crippen MR) is 67.1 cm³/mol. The molecule has 1 aliphatic carbocycles. The van der Waals surface area contributed by atoms with E-state index in [1.807, 2.05) is 11.9 Å². The van der Waals surface area contributed by atoms with Gasteiger partial charge in [0.15, 0.2) is 0 Å². The minimum absolute atomic E-state index is 0.0535. The largest absolute Gasteiger partial charge is 0.480 e. The number of ether oxygens (including phenoxy) is 1. The second-order valence-electron chi connectivity index (χ2n) is 5.59. The van der Waals surface area contributed by atoms with E-state index in [0.29, 0.717) is 6.04 Å². The third-order valence-corrected chi connectivity index (χ3v) is 3.86. The molecule has 0 aromatic heterocycles. The molecule has 0 aromatic rings. The van der Waals surface area contributed by atoms with Gasteiger partial charge in [0, 0.05) is 18.1 Å². The number of hydrogen-bond acceptors (Lipinski definition) is 3. The number of rotatable bonds is 7. The van der Waals surface area contributed by atoms with E-state index < -0.39 is 5.97 Å². The van der Waals surface area contributed by atoms with Crippen molar-refractivity contribution in [1.82, 2.24) is 4.90 Å². The Bertz CT molecular complexity index is 265. The Morgan fingerprint density at radius 3 is 2.65 bits per heavy atom. The van der Waals surface area contributed by atoms with E-state index >= 15 is 0 Å². The minimum atomic E-state index is -0.765. The van der Waals surface area contributed by atoms with Gasteiger partial charge in [0.2, 0.25) is 0 Å². The number of nitrogens with zero attached hydrogens (tertiary/aromatic N) is 1. The van der Waals surface area contributed by atoms with Crippen molar-refractivity contribution in [2.45, 2.75) is 52.2 Å². The van der Waals surface area contributed by atoms with Crippen molar-refractivity contribution in [3.05, 3.63) is 0 Å². The number of likely N-dealkylation sites (N-methyl/N-ethyl adjacent to an activating group) is 1. The Labute approximate surface area is 104 Å². The molecule has 1 rings (SSSR count). The van der Waals surface area contributed by atoms with Crippen molar-refractivity contribution >= 4 is 5.97 Å². The molecule has 2 atom stereocenters. The Balaban J connectivity index is 2.40. The highest BCUT2D eigenvalue weighted by Crippen LogP contribution is 2.45. The maximum atomic E-state index is 10.7. The molecular formula is C13H25NO3. The van der Waals surface area contributed by atoms with Gasteiger partial charge >= 0.3 is 5.97 Å². The van der Waals surface area contributed by atoms with Crippen LogP contribution in [0.1, 0.15) is 40.0 Å². The quantitative estimate of drug-likeness (QED) is 0.695. The van der Waals surface area contributed by atoms with E-state index in [1.54, 1.807) is 0 Å². The lowest BCUT2D eigenvalue weighted by atomic mass is 9.64. The lowest BCUT2D eigenvalue weighted by Crippen LogP contribution is -2.61. The van der Waals surface area contributed by atoms with Crippen molar-refractivity contribution in [2.24, 2.45) is 5.41 Å². The van der Waals surface area contributed by atoms with Gasteiger partial charge in [0.1, 0.15) is 0 Å². The number of aliphatic carboxylic acids is 1. The molecule has 100 valence electrons.